The zero-order valence-corrected chi connectivity index (χ0v) is 16.0. The second-order valence-electron chi connectivity index (χ2n) is 9.17. The van der Waals surface area contributed by atoms with Crippen LogP contribution in [0.3, 0.4) is 0 Å². The van der Waals surface area contributed by atoms with E-state index in [1.165, 1.54) is 38.5 Å². The van der Waals surface area contributed by atoms with Gasteiger partial charge in [-0.1, -0.05) is 12.1 Å². The Labute approximate surface area is 164 Å². The first-order chi connectivity index (χ1) is 13.6. The summed E-state index contributed by atoms with van der Waals surface area (Å²) >= 11 is 0. The molecule has 150 valence electrons. The number of hydrogen-bond acceptors (Lipinski definition) is 5. The quantitative estimate of drug-likeness (QED) is 0.789. The highest BCUT2D eigenvalue weighted by Crippen LogP contribution is 2.59. The number of amides is 1. The summed E-state index contributed by atoms with van der Waals surface area (Å²) in [5, 5.41) is 3.03. The summed E-state index contributed by atoms with van der Waals surface area (Å²) in [4.78, 5) is 24.5. The summed E-state index contributed by atoms with van der Waals surface area (Å²) in [6, 6.07) is 7.19. The van der Waals surface area contributed by atoms with Gasteiger partial charge in [0.15, 0.2) is 18.1 Å². The third-order valence-electron chi connectivity index (χ3n) is 6.94. The summed E-state index contributed by atoms with van der Waals surface area (Å²) < 4.78 is 16.3. The van der Waals surface area contributed by atoms with Crippen LogP contribution in [0.1, 0.15) is 38.5 Å². The van der Waals surface area contributed by atoms with Gasteiger partial charge in [-0.15, -0.1) is 0 Å². The van der Waals surface area contributed by atoms with Crippen LogP contribution in [0.15, 0.2) is 24.3 Å². The van der Waals surface area contributed by atoms with E-state index in [1.807, 2.05) is 12.1 Å². The van der Waals surface area contributed by atoms with Crippen molar-refractivity contribution in [3.05, 3.63) is 24.3 Å². The highest BCUT2D eigenvalue weighted by molar-refractivity contribution is 5.82. The maximum atomic E-state index is 12.3. The molecule has 6 heteroatoms. The van der Waals surface area contributed by atoms with E-state index in [9.17, 15) is 9.59 Å². The number of para-hydroxylation sites is 2. The molecular weight excluding hydrogens is 358 g/mol. The standard InChI is InChI=1S/C22H27NO5/c24-20(23-13-22-8-14-5-15(9-22)7-16(6-14)10-22)12-27-21(25)19-11-26-17-3-1-2-4-18(17)28-19/h1-4,14-16,19H,5-13H2,(H,23,24)/t14?,15?,16?,19-,22?/m0/s1. The molecule has 5 aliphatic rings. The van der Waals surface area contributed by atoms with Crippen molar-refractivity contribution in [1.82, 2.24) is 5.32 Å². The number of benzene rings is 1. The Bertz CT molecular complexity index is 741. The lowest BCUT2D eigenvalue weighted by Crippen LogP contribution is -2.51. The molecule has 4 aliphatic carbocycles. The third-order valence-corrected chi connectivity index (χ3v) is 6.94. The minimum absolute atomic E-state index is 0.0880. The summed E-state index contributed by atoms with van der Waals surface area (Å²) in [6.07, 6.45) is 7.04. The van der Waals surface area contributed by atoms with Crippen LogP contribution in [0.25, 0.3) is 0 Å². The Hall–Kier alpha value is -2.24. The Balaban J connectivity index is 1.09. The molecule has 1 aromatic carbocycles. The van der Waals surface area contributed by atoms with Crippen molar-refractivity contribution in [2.45, 2.75) is 44.6 Å². The third kappa shape index (κ3) is 3.45. The van der Waals surface area contributed by atoms with E-state index in [0.717, 1.165) is 17.8 Å². The average Bonchev–Trinajstić information content (AvgIpc) is 2.69. The van der Waals surface area contributed by atoms with E-state index in [4.69, 9.17) is 14.2 Å². The van der Waals surface area contributed by atoms with Gasteiger partial charge in [-0.2, -0.15) is 0 Å². The topological polar surface area (TPSA) is 73.9 Å². The van der Waals surface area contributed by atoms with E-state index in [-0.39, 0.29) is 24.5 Å². The minimum atomic E-state index is -0.842. The van der Waals surface area contributed by atoms with Crippen molar-refractivity contribution in [2.75, 3.05) is 19.8 Å². The molecule has 0 radical (unpaired) electrons. The van der Waals surface area contributed by atoms with Gasteiger partial charge in [-0.05, 0) is 73.8 Å². The van der Waals surface area contributed by atoms with Gasteiger partial charge in [0.25, 0.3) is 5.91 Å². The second kappa shape index (κ2) is 6.98. The summed E-state index contributed by atoms with van der Waals surface area (Å²) in [6.45, 7) is 0.529. The summed E-state index contributed by atoms with van der Waals surface area (Å²) in [7, 11) is 0. The van der Waals surface area contributed by atoms with Crippen LogP contribution in [0.2, 0.25) is 0 Å². The lowest BCUT2D eigenvalue weighted by atomic mass is 9.49. The Morgan fingerprint density at radius 3 is 2.36 bits per heavy atom. The predicted octanol–water partition coefficient (Wildman–Crippen LogP) is 2.70. The number of nitrogens with one attached hydrogen (secondary N) is 1. The minimum Gasteiger partial charge on any atom is -0.485 e. The molecule has 6 rings (SSSR count). The van der Waals surface area contributed by atoms with Crippen molar-refractivity contribution in [2.24, 2.45) is 23.2 Å². The van der Waals surface area contributed by atoms with Crippen molar-refractivity contribution in [3.8, 4) is 11.5 Å². The Morgan fingerprint density at radius 1 is 1.04 bits per heavy atom. The molecule has 1 heterocycles. The highest BCUT2D eigenvalue weighted by atomic mass is 16.6. The van der Waals surface area contributed by atoms with Crippen LogP contribution in [-0.4, -0.2) is 37.7 Å². The van der Waals surface area contributed by atoms with Crippen LogP contribution >= 0.6 is 0 Å². The number of carbonyl (C=O) groups excluding carboxylic acids is 2. The van der Waals surface area contributed by atoms with Gasteiger partial charge in [0.2, 0.25) is 6.10 Å². The average molecular weight is 385 g/mol. The summed E-state index contributed by atoms with van der Waals surface area (Å²) in [5.41, 5.74) is 0.276. The second-order valence-corrected chi connectivity index (χ2v) is 9.17. The maximum Gasteiger partial charge on any atom is 0.351 e. The van der Waals surface area contributed by atoms with Gasteiger partial charge in [-0.3, -0.25) is 4.79 Å². The largest absolute Gasteiger partial charge is 0.485 e. The van der Waals surface area contributed by atoms with Gasteiger partial charge in [-0.25, -0.2) is 4.79 Å². The maximum absolute atomic E-state index is 12.3. The number of esters is 1. The first-order valence-corrected chi connectivity index (χ1v) is 10.4. The first-order valence-electron chi connectivity index (χ1n) is 10.4. The van der Waals surface area contributed by atoms with Gasteiger partial charge >= 0.3 is 5.97 Å². The van der Waals surface area contributed by atoms with Crippen molar-refractivity contribution >= 4 is 11.9 Å². The monoisotopic (exact) mass is 385 g/mol. The number of fused-ring (bicyclic) bond motifs is 1. The number of carbonyl (C=O) groups is 2. The Morgan fingerprint density at radius 2 is 1.68 bits per heavy atom. The smallest absolute Gasteiger partial charge is 0.351 e. The normalized spacial score (nSPS) is 34.7. The number of hydrogen-bond donors (Lipinski definition) is 1. The molecule has 28 heavy (non-hydrogen) atoms. The van der Waals surface area contributed by atoms with E-state index >= 15 is 0 Å². The van der Waals surface area contributed by atoms with Gasteiger partial charge < -0.3 is 19.5 Å². The Kier molecular flexibility index (Phi) is 4.44. The van der Waals surface area contributed by atoms with Crippen LogP contribution in [0, 0.1) is 23.2 Å². The van der Waals surface area contributed by atoms with E-state index in [2.05, 4.69) is 5.32 Å². The van der Waals surface area contributed by atoms with E-state index in [1.54, 1.807) is 12.1 Å². The van der Waals surface area contributed by atoms with Crippen molar-refractivity contribution in [3.63, 3.8) is 0 Å². The zero-order valence-electron chi connectivity index (χ0n) is 16.0. The lowest BCUT2D eigenvalue weighted by molar-refractivity contribution is -0.158. The van der Waals surface area contributed by atoms with Crippen LogP contribution in [-0.2, 0) is 14.3 Å². The first kappa shape index (κ1) is 17.8. The fourth-order valence-electron chi connectivity index (χ4n) is 6.21. The predicted molar refractivity (Wildman–Crippen MR) is 101 cm³/mol. The van der Waals surface area contributed by atoms with Crippen molar-refractivity contribution in [1.29, 1.82) is 0 Å². The molecular formula is C22H27NO5. The van der Waals surface area contributed by atoms with Crippen LogP contribution in [0.4, 0.5) is 0 Å². The molecule has 6 nitrogen and oxygen atoms in total. The molecule has 0 spiro atoms. The molecule has 1 aliphatic heterocycles. The molecule has 1 amide bonds. The fourth-order valence-corrected chi connectivity index (χ4v) is 6.21. The molecule has 0 aromatic heterocycles. The lowest BCUT2D eigenvalue weighted by Gasteiger charge is -2.56. The molecule has 0 unspecified atom stereocenters. The van der Waals surface area contributed by atoms with Gasteiger partial charge in [0, 0.05) is 6.54 Å². The van der Waals surface area contributed by atoms with Crippen LogP contribution < -0.4 is 14.8 Å². The molecule has 1 atom stereocenters. The van der Waals surface area contributed by atoms with Crippen molar-refractivity contribution < 1.29 is 23.8 Å². The van der Waals surface area contributed by atoms with E-state index in [0.29, 0.717) is 18.0 Å². The van der Waals surface area contributed by atoms with Gasteiger partial charge in [0.1, 0.15) is 6.61 Å². The fraction of sp³-hybridized carbons (Fsp3) is 0.636. The molecule has 4 fully saturated rings. The molecule has 4 bridgehead atoms. The number of rotatable bonds is 5. The molecule has 1 aromatic rings. The number of ether oxygens (including phenoxy) is 3. The molecule has 0 saturated heterocycles. The zero-order chi connectivity index (χ0) is 19.1. The van der Waals surface area contributed by atoms with E-state index < -0.39 is 12.1 Å². The van der Waals surface area contributed by atoms with Crippen LogP contribution in [0.5, 0.6) is 11.5 Å². The SMILES string of the molecule is O=C(COC(=O)[C@@H]1COc2ccccc2O1)NCC12CC3CC(CC(C3)C1)C2. The highest BCUT2D eigenvalue weighted by Gasteiger charge is 2.50. The van der Waals surface area contributed by atoms with Gasteiger partial charge in [0.05, 0.1) is 0 Å². The molecule has 4 saturated carbocycles. The molecule has 1 N–H and O–H groups in total. The summed E-state index contributed by atoms with van der Waals surface area (Å²) in [5.74, 6) is 2.88.